The summed E-state index contributed by atoms with van der Waals surface area (Å²) in [6, 6.07) is 10.5. The van der Waals surface area contributed by atoms with Gasteiger partial charge in [0.05, 0.1) is 18.8 Å². The first-order valence-electron chi connectivity index (χ1n) is 7.96. The quantitative estimate of drug-likeness (QED) is 0.764. The Bertz CT molecular complexity index is 729. The largest absolute Gasteiger partial charge is 0.346 e. The van der Waals surface area contributed by atoms with E-state index in [0.29, 0.717) is 11.0 Å². The number of hydrogen-bond donors (Lipinski definition) is 3. The van der Waals surface area contributed by atoms with E-state index in [1.165, 1.54) is 21.8 Å². The number of nitrogens with one attached hydrogen (secondary N) is 2. The fraction of sp³-hybridized carbons (Fsp3) is 0.353. The Kier molecular flexibility index (Phi) is 5.22. The molecule has 0 radical (unpaired) electrons. The maximum Gasteiger partial charge on any atom is 0.245 e. The lowest BCUT2D eigenvalue weighted by molar-refractivity contribution is -0.123. The van der Waals surface area contributed by atoms with E-state index in [4.69, 9.17) is 5.73 Å². The first-order valence-corrected chi connectivity index (χ1v) is 8.77. The van der Waals surface area contributed by atoms with Crippen LogP contribution in [0.15, 0.2) is 30.3 Å². The number of amides is 2. The third-order valence-electron chi connectivity index (χ3n) is 4.09. The summed E-state index contributed by atoms with van der Waals surface area (Å²) in [5.41, 5.74) is 7.61. The molecule has 1 heterocycles. The lowest BCUT2D eigenvalue weighted by Gasteiger charge is -2.21. The molecule has 0 saturated carbocycles. The molecule has 1 aliphatic carbocycles. The van der Waals surface area contributed by atoms with E-state index in [1.54, 1.807) is 0 Å². The Hall–Kier alpha value is -2.25. The van der Waals surface area contributed by atoms with Gasteiger partial charge in [-0.2, -0.15) is 0 Å². The molecule has 3 rings (SSSR count). The van der Waals surface area contributed by atoms with Gasteiger partial charge in [-0.15, -0.1) is 11.3 Å². The zero-order valence-electron chi connectivity index (χ0n) is 13.2. The van der Waals surface area contributed by atoms with E-state index in [2.05, 4.69) is 39.9 Å². The molecule has 126 valence electrons. The van der Waals surface area contributed by atoms with E-state index >= 15 is 0 Å². The molecule has 7 heteroatoms. The standard InChI is InChI=1S/C17H20N4O2S/c18-9-15(22)19-10-16(23)21-17-20-13-7-6-12(8-14(13)24-17)11-4-2-1-3-5-11/h1-5,12H,6-10,18H2,(H,19,22)(H,20,21,23). The molecule has 0 spiro atoms. The van der Waals surface area contributed by atoms with Gasteiger partial charge in [-0.3, -0.25) is 9.59 Å². The molecule has 6 nitrogen and oxygen atoms in total. The Morgan fingerprint density at radius 3 is 2.79 bits per heavy atom. The van der Waals surface area contributed by atoms with Gasteiger partial charge in [0.15, 0.2) is 5.13 Å². The van der Waals surface area contributed by atoms with E-state index in [9.17, 15) is 9.59 Å². The van der Waals surface area contributed by atoms with Gasteiger partial charge < -0.3 is 16.4 Å². The maximum absolute atomic E-state index is 11.8. The van der Waals surface area contributed by atoms with Crippen LogP contribution in [-0.4, -0.2) is 29.9 Å². The maximum atomic E-state index is 11.8. The molecule has 24 heavy (non-hydrogen) atoms. The van der Waals surface area contributed by atoms with Crippen LogP contribution in [0.5, 0.6) is 0 Å². The van der Waals surface area contributed by atoms with Crippen LogP contribution in [0.2, 0.25) is 0 Å². The Labute approximate surface area is 144 Å². The van der Waals surface area contributed by atoms with Crippen LogP contribution in [0.1, 0.15) is 28.5 Å². The number of aryl methyl sites for hydroxylation is 1. The molecule has 2 aromatic rings. The first-order chi connectivity index (χ1) is 11.7. The Balaban J connectivity index is 1.61. The van der Waals surface area contributed by atoms with Crippen LogP contribution in [0.25, 0.3) is 0 Å². The zero-order chi connectivity index (χ0) is 16.9. The van der Waals surface area contributed by atoms with Gasteiger partial charge in [-0.25, -0.2) is 4.98 Å². The van der Waals surface area contributed by atoms with Crippen molar-refractivity contribution < 1.29 is 9.59 Å². The summed E-state index contributed by atoms with van der Waals surface area (Å²) in [7, 11) is 0. The number of thiazole rings is 1. The average Bonchev–Trinajstić information content (AvgIpc) is 3.01. The molecule has 4 N–H and O–H groups in total. The Morgan fingerprint density at radius 1 is 1.25 bits per heavy atom. The number of anilines is 1. The number of fused-ring (bicyclic) bond motifs is 1. The summed E-state index contributed by atoms with van der Waals surface area (Å²) >= 11 is 1.52. The highest BCUT2D eigenvalue weighted by Crippen LogP contribution is 2.36. The third kappa shape index (κ3) is 3.98. The number of carbonyl (C=O) groups excluding carboxylic acids is 2. The summed E-state index contributed by atoms with van der Waals surface area (Å²) in [4.78, 5) is 28.6. The summed E-state index contributed by atoms with van der Waals surface area (Å²) in [5, 5.41) is 5.79. The molecular weight excluding hydrogens is 324 g/mol. The van der Waals surface area contributed by atoms with Crippen molar-refractivity contribution in [3.63, 3.8) is 0 Å². The van der Waals surface area contributed by atoms with Gasteiger partial charge in [0.2, 0.25) is 11.8 Å². The van der Waals surface area contributed by atoms with Crippen LogP contribution in [-0.2, 0) is 22.4 Å². The number of nitrogens with zero attached hydrogens (tertiary/aromatic N) is 1. The number of benzene rings is 1. The van der Waals surface area contributed by atoms with Gasteiger partial charge in [0.25, 0.3) is 0 Å². The summed E-state index contributed by atoms with van der Waals surface area (Å²) in [5.74, 6) is -0.136. The highest BCUT2D eigenvalue weighted by Gasteiger charge is 2.24. The van der Waals surface area contributed by atoms with Crippen molar-refractivity contribution in [3.05, 3.63) is 46.5 Å². The van der Waals surface area contributed by atoms with Crippen molar-refractivity contribution >= 4 is 28.3 Å². The van der Waals surface area contributed by atoms with Crippen molar-refractivity contribution in [1.29, 1.82) is 0 Å². The van der Waals surface area contributed by atoms with Crippen molar-refractivity contribution in [3.8, 4) is 0 Å². The number of rotatable bonds is 5. The average molecular weight is 344 g/mol. The summed E-state index contributed by atoms with van der Waals surface area (Å²) in [6.07, 6.45) is 2.95. The highest BCUT2D eigenvalue weighted by molar-refractivity contribution is 7.15. The van der Waals surface area contributed by atoms with Gasteiger partial charge in [-0.1, -0.05) is 30.3 Å². The molecule has 0 bridgehead atoms. The zero-order valence-corrected chi connectivity index (χ0v) is 14.1. The first kappa shape index (κ1) is 16.6. The third-order valence-corrected chi connectivity index (χ3v) is 5.12. The van der Waals surface area contributed by atoms with Gasteiger partial charge in [0.1, 0.15) is 0 Å². The molecule has 2 amide bonds. The molecule has 0 aliphatic heterocycles. The fourth-order valence-electron chi connectivity index (χ4n) is 2.85. The number of aromatic nitrogens is 1. The molecule has 1 unspecified atom stereocenters. The minimum absolute atomic E-state index is 0.0904. The van der Waals surface area contributed by atoms with Crippen molar-refractivity contribution in [2.45, 2.75) is 25.2 Å². The minimum atomic E-state index is -0.353. The van der Waals surface area contributed by atoms with Crippen LogP contribution in [0.3, 0.4) is 0 Å². The molecule has 1 atom stereocenters. The molecule has 1 aromatic carbocycles. The molecular formula is C17H20N4O2S. The number of nitrogens with two attached hydrogens (primary N) is 1. The Morgan fingerprint density at radius 2 is 2.04 bits per heavy atom. The fourth-order valence-corrected chi connectivity index (χ4v) is 3.96. The van der Waals surface area contributed by atoms with Gasteiger partial charge in [0, 0.05) is 4.88 Å². The number of carbonyl (C=O) groups is 2. The second-order valence-corrected chi connectivity index (χ2v) is 6.85. The molecule has 1 aromatic heterocycles. The van der Waals surface area contributed by atoms with E-state index in [1.807, 2.05) is 6.07 Å². The van der Waals surface area contributed by atoms with Crippen molar-refractivity contribution in [2.75, 3.05) is 18.4 Å². The predicted octanol–water partition coefficient (Wildman–Crippen LogP) is 1.43. The molecule has 1 aliphatic rings. The lowest BCUT2D eigenvalue weighted by Crippen LogP contribution is -2.36. The molecule has 0 fully saturated rings. The van der Waals surface area contributed by atoms with Crippen molar-refractivity contribution in [1.82, 2.24) is 10.3 Å². The van der Waals surface area contributed by atoms with Crippen molar-refractivity contribution in [2.24, 2.45) is 5.73 Å². The highest BCUT2D eigenvalue weighted by atomic mass is 32.1. The second kappa shape index (κ2) is 7.55. The smallest absolute Gasteiger partial charge is 0.245 e. The van der Waals surface area contributed by atoms with E-state index < -0.39 is 0 Å². The second-order valence-electron chi connectivity index (χ2n) is 5.77. The molecule has 0 saturated heterocycles. The van der Waals surface area contributed by atoms with Gasteiger partial charge in [-0.05, 0) is 30.7 Å². The summed E-state index contributed by atoms with van der Waals surface area (Å²) < 4.78 is 0. The number of hydrogen-bond acceptors (Lipinski definition) is 5. The van der Waals surface area contributed by atoms with E-state index in [0.717, 1.165) is 25.0 Å². The predicted molar refractivity (Wildman–Crippen MR) is 94.0 cm³/mol. The van der Waals surface area contributed by atoms with Crippen LogP contribution < -0.4 is 16.4 Å². The van der Waals surface area contributed by atoms with Crippen LogP contribution >= 0.6 is 11.3 Å². The van der Waals surface area contributed by atoms with Gasteiger partial charge >= 0.3 is 0 Å². The van der Waals surface area contributed by atoms with E-state index in [-0.39, 0.29) is 24.9 Å². The topological polar surface area (TPSA) is 97.1 Å². The van der Waals surface area contributed by atoms with Crippen LogP contribution in [0.4, 0.5) is 5.13 Å². The normalized spacial score (nSPS) is 16.3. The SMILES string of the molecule is NCC(=O)NCC(=O)Nc1nc2c(s1)CC(c1ccccc1)CC2. The summed E-state index contributed by atoms with van der Waals surface area (Å²) in [6.45, 7) is -0.216. The van der Waals surface area contributed by atoms with Crippen LogP contribution in [0, 0.1) is 0 Å². The lowest BCUT2D eigenvalue weighted by atomic mass is 9.85. The minimum Gasteiger partial charge on any atom is -0.346 e. The monoisotopic (exact) mass is 344 g/mol.